The van der Waals surface area contributed by atoms with E-state index in [4.69, 9.17) is 0 Å². The molecule has 0 saturated carbocycles. The fraction of sp³-hybridized carbons (Fsp3) is 0. The molecule has 33 heavy (non-hydrogen) atoms. The number of aromatic nitrogens is 1. The van der Waals surface area contributed by atoms with Crippen LogP contribution in [0.25, 0.3) is 38.6 Å². The molecule has 0 atom stereocenters. The normalized spacial score (nSPS) is 11.2. The van der Waals surface area contributed by atoms with Crippen LogP contribution in [0.15, 0.2) is 127 Å². The maximum absolute atomic E-state index is 12.9. The number of ketones is 1. The van der Waals surface area contributed by atoms with E-state index in [9.17, 15) is 4.79 Å². The van der Waals surface area contributed by atoms with Crippen molar-refractivity contribution in [1.82, 2.24) is 4.57 Å². The molecular weight excluding hydrogens is 402 g/mol. The molecule has 0 unspecified atom stereocenters. The molecule has 1 aromatic heterocycles. The first-order valence-electron chi connectivity index (χ1n) is 11.1. The van der Waals surface area contributed by atoms with Gasteiger partial charge in [0.05, 0.1) is 11.2 Å². The van der Waals surface area contributed by atoms with Gasteiger partial charge < -0.3 is 4.57 Å². The van der Waals surface area contributed by atoms with Crippen molar-refractivity contribution < 1.29 is 4.79 Å². The molecular formula is C31H21NO. The summed E-state index contributed by atoms with van der Waals surface area (Å²) in [6, 6.07) is 43.0. The number of benzene rings is 5. The number of rotatable bonds is 4. The lowest BCUT2D eigenvalue weighted by molar-refractivity contribution is 0.103. The molecule has 0 aliphatic carbocycles. The van der Waals surface area contributed by atoms with E-state index in [-0.39, 0.29) is 5.78 Å². The Bertz CT molecular complexity index is 1610. The summed E-state index contributed by atoms with van der Waals surface area (Å²) in [5.41, 5.74) is 5.85. The zero-order valence-corrected chi connectivity index (χ0v) is 18.0. The molecule has 0 fully saturated rings. The van der Waals surface area contributed by atoms with Crippen LogP contribution < -0.4 is 0 Å². The number of hydrogen-bond donors (Lipinski definition) is 0. The van der Waals surface area contributed by atoms with E-state index < -0.39 is 0 Å². The van der Waals surface area contributed by atoms with Crippen LogP contribution in [-0.4, -0.2) is 10.4 Å². The summed E-state index contributed by atoms with van der Waals surface area (Å²) in [6.07, 6.45) is 0. The number of carbonyl (C=O) groups excluding carboxylic acids is 1. The van der Waals surface area contributed by atoms with Gasteiger partial charge in [0.25, 0.3) is 0 Å². The summed E-state index contributed by atoms with van der Waals surface area (Å²) in [4.78, 5) is 12.9. The Kier molecular flexibility index (Phi) is 4.63. The number of carbonyl (C=O) groups is 1. The predicted octanol–water partition coefficient (Wildman–Crippen LogP) is 7.68. The second-order valence-corrected chi connectivity index (χ2v) is 8.23. The first-order valence-corrected chi connectivity index (χ1v) is 11.1. The van der Waals surface area contributed by atoms with Gasteiger partial charge in [-0.2, -0.15) is 0 Å². The molecule has 2 heteroatoms. The summed E-state index contributed by atoms with van der Waals surface area (Å²) in [7, 11) is 0. The maximum atomic E-state index is 12.9. The Morgan fingerprint density at radius 3 is 1.94 bits per heavy atom. The van der Waals surface area contributed by atoms with Crippen LogP contribution in [0, 0.1) is 0 Å². The highest BCUT2D eigenvalue weighted by molar-refractivity contribution is 6.09. The highest BCUT2D eigenvalue weighted by Gasteiger charge is 2.14. The summed E-state index contributed by atoms with van der Waals surface area (Å²) in [5, 5.41) is 3.63. The average molecular weight is 424 g/mol. The van der Waals surface area contributed by atoms with Gasteiger partial charge in [-0.15, -0.1) is 0 Å². The van der Waals surface area contributed by atoms with Crippen molar-refractivity contribution in [2.24, 2.45) is 0 Å². The lowest BCUT2D eigenvalue weighted by Crippen LogP contribution is -2.02. The maximum Gasteiger partial charge on any atom is 0.193 e. The molecule has 0 saturated heterocycles. The predicted molar refractivity (Wildman–Crippen MR) is 136 cm³/mol. The Balaban J connectivity index is 1.48. The molecule has 6 rings (SSSR count). The van der Waals surface area contributed by atoms with Gasteiger partial charge in [0.15, 0.2) is 5.78 Å². The van der Waals surface area contributed by atoms with Crippen molar-refractivity contribution in [3.63, 3.8) is 0 Å². The van der Waals surface area contributed by atoms with Crippen LogP contribution in [0.4, 0.5) is 0 Å². The molecule has 0 aliphatic rings. The van der Waals surface area contributed by atoms with E-state index in [1.54, 1.807) is 0 Å². The molecule has 0 radical (unpaired) electrons. The van der Waals surface area contributed by atoms with Gasteiger partial charge in [0, 0.05) is 22.2 Å². The van der Waals surface area contributed by atoms with Gasteiger partial charge in [0.2, 0.25) is 0 Å². The van der Waals surface area contributed by atoms with Gasteiger partial charge in [0.1, 0.15) is 0 Å². The van der Waals surface area contributed by atoms with Crippen LogP contribution in [0.5, 0.6) is 0 Å². The van der Waals surface area contributed by atoms with Crippen molar-refractivity contribution in [2.75, 3.05) is 0 Å². The molecule has 0 bridgehead atoms. The van der Waals surface area contributed by atoms with Crippen LogP contribution >= 0.6 is 0 Å². The molecule has 2 nitrogen and oxygen atoms in total. The van der Waals surface area contributed by atoms with Crippen molar-refractivity contribution in [2.45, 2.75) is 0 Å². The second-order valence-electron chi connectivity index (χ2n) is 8.23. The summed E-state index contributed by atoms with van der Waals surface area (Å²) in [5.74, 6) is 0.0364. The summed E-state index contributed by atoms with van der Waals surface area (Å²) >= 11 is 0. The van der Waals surface area contributed by atoms with Crippen molar-refractivity contribution in [3.8, 4) is 16.9 Å². The van der Waals surface area contributed by atoms with E-state index in [1.165, 1.54) is 16.2 Å². The van der Waals surface area contributed by atoms with Crippen LogP contribution in [0.2, 0.25) is 0 Å². The Morgan fingerprint density at radius 1 is 0.515 bits per heavy atom. The Morgan fingerprint density at radius 2 is 1.15 bits per heavy atom. The zero-order valence-electron chi connectivity index (χ0n) is 18.0. The van der Waals surface area contributed by atoms with Crippen molar-refractivity contribution in [3.05, 3.63) is 139 Å². The number of nitrogens with zero attached hydrogens (tertiary/aromatic N) is 1. The standard InChI is InChI=1S/C31H21NO/c33-31(23-9-2-1-3-10-23)24-16-18-28(19-17-24)32-29-13-7-6-12-26(29)21-30(32)27-15-14-22-8-4-5-11-25(22)20-27/h1-21H. The zero-order chi connectivity index (χ0) is 22.2. The SMILES string of the molecule is O=C(c1ccccc1)c1ccc(-n2c(-c3ccc4ccccc4c3)cc3ccccc32)cc1. The van der Waals surface area contributed by atoms with E-state index >= 15 is 0 Å². The smallest absolute Gasteiger partial charge is 0.193 e. The van der Waals surface area contributed by atoms with Crippen molar-refractivity contribution >= 4 is 27.5 Å². The van der Waals surface area contributed by atoms with E-state index in [0.29, 0.717) is 11.1 Å². The minimum Gasteiger partial charge on any atom is -0.309 e. The first kappa shape index (κ1) is 19.3. The van der Waals surface area contributed by atoms with E-state index in [1.807, 2.05) is 54.6 Å². The highest BCUT2D eigenvalue weighted by Crippen LogP contribution is 2.33. The van der Waals surface area contributed by atoms with E-state index in [0.717, 1.165) is 22.5 Å². The van der Waals surface area contributed by atoms with Gasteiger partial charge in [-0.1, -0.05) is 84.9 Å². The molecule has 6 aromatic rings. The van der Waals surface area contributed by atoms with Gasteiger partial charge in [-0.3, -0.25) is 4.79 Å². The average Bonchev–Trinajstić information content (AvgIpc) is 3.28. The molecule has 156 valence electrons. The third kappa shape index (κ3) is 3.42. The molecule has 0 amide bonds. The minimum atomic E-state index is 0.0364. The largest absolute Gasteiger partial charge is 0.309 e. The monoisotopic (exact) mass is 423 g/mol. The Labute approximate surface area is 192 Å². The van der Waals surface area contributed by atoms with Gasteiger partial charge in [-0.25, -0.2) is 0 Å². The molecule has 0 N–H and O–H groups in total. The van der Waals surface area contributed by atoms with Gasteiger partial charge >= 0.3 is 0 Å². The highest BCUT2D eigenvalue weighted by atomic mass is 16.1. The first-order chi connectivity index (χ1) is 16.3. The minimum absolute atomic E-state index is 0.0364. The fourth-order valence-electron chi connectivity index (χ4n) is 4.51. The fourth-order valence-corrected chi connectivity index (χ4v) is 4.51. The Hall–Kier alpha value is -4.43. The summed E-state index contributed by atoms with van der Waals surface area (Å²) in [6.45, 7) is 0. The van der Waals surface area contributed by atoms with Crippen molar-refractivity contribution in [1.29, 1.82) is 0 Å². The molecule has 0 spiro atoms. The third-order valence-corrected chi connectivity index (χ3v) is 6.18. The van der Waals surface area contributed by atoms with Crippen LogP contribution in [-0.2, 0) is 0 Å². The topological polar surface area (TPSA) is 22.0 Å². The van der Waals surface area contributed by atoms with Crippen LogP contribution in [0.3, 0.4) is 0 Å². The van der Waals surface area contributed by atoms with Crippen LogP contribution in [0.1, 0.15) is 15.9 Å². The number of fused-ring (bicyclic) bond motifs is 2. The third-order valence-electron chi connectivity index (χ3n) is 6.18. The summed E-state index contributed by atoms with van der Waals surface area (Å²) < 4.78 is 2.27. The lowest BCUT2D eigenvalue weighted by Gasteiger charge is -2.13. The number of para-hydroxylation sites is 1. The van der Waals surface area contributed by atoms with Gasteiger partial charge in [-0.05, 0) is 58.8 Å². The number of hydrogen-bond acceptors (Lipinski definition) is 1. The lowest BCUT2D eigenvalue weighted by atomic mass is 10.0. The molecule has 5 aromatic carbocycles. The molecule has 0 aliphatic heterocycles. The second kappa shape index (κ2) is 7.92. The van der Waals surface area contributed by atoms with E-state index in [2.05, 4.69) is 77.4 Å². The molecule has 1 heterocycles. The quantitative estimate of drug-likeness (QED) is 0.267.